The van der Waals surface area contributed by atoms with Gasteiger partial charge in [0.25, 0.3) is 0 Å². The van der Waals surface area contributed by atoms with Crippen LogP contribution in [-0.4, -0.2) is 29.7 Å². The number of unbranched alkanes of at least 4 members (excludes halogenated alkanes) is 2. The van der Waals surface area contributed by atoms with E-state index in [9.17, 15) is 4.79 Å². The molecule has 0 spiro atoms. The summed E-state index contributed by atoms with van der Waals surface area (Å²) < 4.78 is 0. The second-order valence-electron chi connectivity index (χ2n) is 3.96. The summed E-state index contributed by atoms with van der Waals surface area (Å²) in [4.78, 5) is 17.0. The Hall–Kier alpha value is -1.29. The molecule has 0 fully saturated rings. The molecule has 0 atom stereocenters. The van der Waals surface area contributed by atoms with Crippen molar-refractivity contribution in [3.05, 3.63) is 22.8 Å². The predicted molar refractivity (Wildman–Crippen MR) is 69.0 cm³/mol. The number of anilines is 1. The first-order chi connectivity index (χ1) is 8.06. The van der Waals surface area contributed by atoms with E-state index in [0.717, 1.165) is 25.8 Å². The molecule has 1 heterocycles. The number of pyridine rings is 1. The molecule has 5 heteroatoms. The maximum Gasteiger partial charge on any atom is 0.337 e. The molecule has 1 N–H and O–H groups in total. The average Bonchev–Trinajstić information content (AvgIpc) is 2.29. The number of carboxylic acid groups (broad SMARTS) is 1. The highest BCUT2D eigenvalue weighted by Gasteiger charge is 2.12. The van der Waals surface area contributed by atoms with Crippen LogP contribution in [0.15, 0.2) is 12.3 Å². The molecular weight excluding hydrogens is 240 g/mol. The van der Waals surface area contributed by atoms with E-state index < -0.39 is 5.97 Å². The second kappa shape index (κ2) is 6.45. The number of rotatable bonds is 6. The van der Waals surface area contributed by atoms with Gasteiger partial charge in [0.2, 0.25) is 0 Å². The van der Waals surface area contributed by atoms with E-state index in [1.54, 1.807) is 0 Å². The van der Waals surface area contributed by atoms with Gasteiger partial charge in [0.15, 0.2) is 0 Å². The van der Waals surface area contributed by atoms with Crippen molar-refractivity contribution in [2.75, 3.05) is 18.5 Å². The van der Waals surface area contributed by atoms with Crippen LogP contribution in [-0.2, 0) is 0 Å². The zero-order valence-electron chi connectivity index (χ0n) is 10.1. The van der Waals surface area contributed by atoms with Crippen LogP contribution < -0.4 is 4.90 Å². The van der Waals surface area contributed by atoms with Crippen molar-refractivity contribution in [2.45, 2.75) is 26.2 Å². The number of carbonyl (C=O) groups is 1. The molecule has 0 aromatic carbocycles. The lowest BCUT2D eigenvalue weighted by molar-refractivity contribution is 0.0697. The van der Waals surface area contributed by atoms with Crippen LogP contribution in [0, 0.1) is 0 Å². The molecule has 0 bridgehead atoms. The van der Waals surface area contributed by atoms with Crippen LogP contribution in [0.25, 0.3) is 0 Å². The molecule has 0 unspecified atom stereocenters. The maximum absolute atomic E-state index is 10.9. The number of aromatic nitrogens is 1. The second-order valence-corrected chi connectivity index (χ2v) is 4.36. The molecule has 94 valence electrons. The first kappa shape index (κ1) is 13.8. The number of halogens is 1. The fourth-order valence-corrected chi connectivity index (χ4v) is 1.70. The molecule has 1 aromatic heterocycles. The summed E-state index contributed by atoms with van der Waals surface area (Å²) in [7, 11) is 1.90. The number of nitrogens with zero attached hydrogens (tertiary/aromatic N) is 2. The number of aromatic carboxylic acids is 1. The van der Waals surface area contributed by atoms with Crippen LogP contribution in [0.5, 0.6) is 0 Å². The van der Waals surface area contributed by atoms with Crippen LogP contribution >= 0.6 is 11.6 Å². The minimum Gasteiger partial charge on any atom is -0.478 e. The number of hydrogen-bond acceptors (Lipinski definition) is 3. The Morgan fingerprint density at radius 3 is 2.82 bits per heavy atom. The molecule has 0 amide bonds. The van der Waals surface area contributed by atoms with Crippen molar-refractivity contribution < 1.29 is 9.90 Å². The number of hydrogen-bond donors (Lipinski definition) is 1. The molecule has 1 rings (SSSR count). The van der Waals surface area contributed by atoms with E-state index >= 15 is 0 Å². The van der Waals surface area contributed by atoms with E-state index in [2.05, 4.69) is 11.9 Å². The Labute approximate surface area is 106 Å². The van der Waals surface area contributed by atoms with Gasteiger partial charge in [0.05, 0.1) is 10.6 Å². The van der Waals surface area contributed by atoms with Gasteiger partial charge in [-0.1, -0.05) is 31.4 Å². The first-order valence-electron chi connectivity index (χ1n) is 5.66. The largest absolute Gasteiger partial charge is 0.478 e. The molecule has 1 aromatic rings. The van der Waals surface area contributed by atoms with Crippen LogP contribution in [0.2, 0.25) is 5.02 Å². The van der Waals surface area contributed by atoms with Crippen LogP contribution in [0.3, 0.4) is 0 Å². The van der Waals surface area contributed by atoms with Crippen molar-refractivity contribution in [1.82, 2.24) is 4.98 Å². The number of carboxylic acids is 1. The van der Waals surface area contributed by atoms with Gasteiger partial charge in [-0.25, -0.2) is 9.78 Å². The average molecular weight is 257 g/mol. The van der Waals surface area contributed by atoms with Crippen LogP contribution in [0.1, 0.15) is 36.5 Å². The molecule has 0 saturated carbocycles. The van der Waals surface area contributed by atoms with Gasteiger partial charge < -0.3 is 10.0 Å². The standard InChI is InChI=1S/C12H17ClN2O2/c1-3-4-5-6-15(2)11-7-9(12(16)17)10(13)8-14-11/h7-8H,3-6H2,1-2H3,(H,16,17). The highest BCUT2D eigenvalue weighted by molar-refractivity contribution is 6.33. The van der Waals surface area contributed by atoms with Gasteiger partial charge in [-0.3, -0.25) is 0 Å². The summed E-state index contributed by atoms with van der Waals surface area (Å²) in [5.74, 6) is -0.386. The van der Waals surface area contributed by atoms with Crippen molar-refractivity contribution in [3.8, 4) is 0 Å². The molecule has 0 aliphatic rings. The zero-order valence-corrected chi connectivity index (χ0v) is 10.9. The normalized spacial score (nSPS) is 10.3. The van der Waals surface area contributed by atoms with Gasteiger partial charge in [-0.2, -0.15) is 0 Å². The van der Waals surface area contributed by atoms with E-state index in [4.69, 9.17) is 16.7 Å². The molecule has 0 radical (unpaired) electrons. The highest BCUT2D eigenvalue weighted by Crippen LogP contribution is 2.20. The zero-order chi connectivity index (χ0) is 12.8. The van der Waals surface area contributed by atoms with E-state index in [-0.39, 0.29) is 10.6 Å². The molecule has 0 saturated heterocycles. The first-order valence-corrected chi connectivity index (χ1v) is 6.04. The SMILES string of the molecule is CCCCCN(C)c1cc(C(=O)O)c(Cl)cn1. The Morgan fingerprint density at radius 1 is 1.53 bits per heavy atom. The lowest BCUT2D eigenvalue weighted by Crippen LogP contribution is -2.20. The van der Waals surface area contributed by atoms with Gasteiger partial charge in [0.1, 0.15) is 5.82 Å². The fraction of sp³-hybridized carbons (Fsp3) is 0.500. The Bertz CT molecular complexity index is 396. The summed E-state index contributed by atoms with van der Waals surface area (Å²) >= 11 is 5.76. The summed E-state index contributed by atoms with van der Waals surface area (Å²) in [6.45, 7) is 3.00. The van der Waals surface area contributed by atoms with Gasteiger partial charge >= 0.3 is 5.97 Å². The third-order valence-corrected chi connectivity index (χ3v) is 2.86. The summed E-state index contributed by atoms with van der Waals surface area (Å²) in [5, 5.41) is 9.12. The summed E-state index contributed by atoms with van der Waals surface area (Å²) in [6.07, 6.45) is 4.77. The highest BCUT2D eigenvalue weighted by atomic mass is 35.5. The van der Waals surface area contributed by atoms with Gasteiger partial charge in [0, 0.05) is 19.8 Å². The maximum atomic E-state index is 10.9. The van der Waals surface area contributed by atoms with E-state index in [0.29, 0.717) is 5.82 Å². The monoisotopic (exact) mass is 256 g/mol. The quantitative estimate of drug-likeness (QED) is 0.795. The molecule has 0 aliphatic carbocycles. The molecule has 17 heavy (non-hydrogen) atoms. The Kier molecular flexibility index (Phi) is 5.22. The van der Waals surface area contributed by atoms with E-state index in [1.807, 2.05) is 11.9 Å². The molecular formula is C12H17ClN2O2. The van der Waals surface area contributed by atoms with Crippen molar-refractivity contribution >= 4 is 23.4 Å². The third-order valence-electron chi connectivity index (χ3n) is 2.56. The Morgan fingerprint density at radius 2 is 2.24 bits per heavy atom. The van der Waals surface area contributed by atoms with Crippen molar-refractivity contribution in [3.63, 3.8) is 0 Å². The molecule has 4 nitrogen and oxygen atoms in total. The summed E-state index contributed by atoms with van der Waals surface area (Å²) in [6, 6.07) is 1.51. The molecule has 0 aliphatic heterocycles. The van der Waals surface area contributed by atoms with Gasteiger partial charge in [-0.05, 0) is 12.5 Å². The summed E-state index contributed by atoms with van der Waals surface area (Å²) in [5.41, 5.74) is 0.0963. The fourth-order valence-electron chi connectivity index (χ4n) is 1.51. The third kappa shape index (κ3) is 3.89. The lowest BCUT2D eigenvalue weighted by atomic mass is 10.2. The predicted octanol–water partition coefficient (Wildman–Crippen LogP) is 3.06. The van der Waals surface area contributed by atoms with Crippen molar-refractivity contribution in [1.29, 1.82) is 0 Å². The Balaban J connectivity index is 2.77. The topological polar surface area (TPSA) is 53.4 Å². The minimum absolute atomic E-state index is 0.0963. The lowest BCUT2D eigenvalue weighted by Gasteiger charge is -2.18. The van der Waals surface area contributed by atoms with Crippen LogP contribution in [0.4, 0.5) is 5.82 Å². The minimum atomic E-state index is -1.03. The van der Waals surface area contributed by atoms with E-state index in [1.165, 1.54) is 12.3 Å². The van der Waals surface area contributed by atoms with Gasteiger partial charge in [-0.15, -0.1) is 0 Å². The smallest absolute Gasteiger partial charge is 0.337 e. The van der Waals surface area contributed by atoms with Crippen molar-refractivity contribution in [2.24, 2.45) is 0 Å².